The molecule has 13 heteroatoms. The largest absolute Gasteiger partial charge is 0.340 e. The minimum atomic E-state index is -4.56. The first-order valence-electron chi connectivity index (χ1n) is 13.5. The van der Waals surface area contributed by atoms with Crippen molar-refractivity contribution in [2.45, 2.75) is 31.0 Å². The molecule has 4 aromatic rings. The van der Waals surface area contributed by atoms with Crippen molar-refractivity contribution in [1.29, 1.82) is 0 Å². The molecule has 5 heterocycles. The number of carbonyl (C=O) groups is 4. The number of benzene rings is 1. The molecule has 220 valence electrons. The molecule has 6 rings (SSSR count). The molecule has 0 saturated carbocycles. The number of aromatic nitrogens is 1. The number of nitrogens with one attached hydrogen (secondary N) is 1. The number of Topliss-reactive ketones (excluding diaryl/α,β-unsaturated/α-hetero) is 1. The van der Waals surface area contributed by atoms with Crippen molar-refractivity contribution in [3.8, 4) is 10.4 Å². The summed E-state index contributed by atoms with van der Waals surface area (Å²) in [6, 6.07) is 16.2. The summed E-state index contributed by atoms with van der Waals surface area (Å²) in [7, 11) is -4.56. The van der Waals surface area contributed by atoms with Gasteiger partial charge in [0.15, 0.2) is 5.78 Å². The minimum Gasteiger partial charge on any atom is -0.340 e. The van der Waals surface area contributed by atoms with Crippen molar-refractivity contribution in [3.63, 3.8) is 0 Å². The van der Waals surface area contributed by atoms with Crippen LogP contribution in [-0.4, -0.2) is 76.5 Å². The zero-order valence-corrected chi connectivity index (χ0v) is 25.1. The number of thiophene rings is 2. The van der Waals surface area contributed by atoms with Crippen molar-refractivity contribution in [3.05, 3.63) is 99.8 Å². The summed E-state index contributed by atoms with van der Waals surface area (Å²) >= 11 is 3.03. The highest BCUT2D eigenvalue weighted by molar-refractivity contribution is 8.04. The lowest BCUT2D eigenvalue weighted by Gasteiger charge is -2.28. The number of hydrogen-bond acceptors (Lipinski definition) is 9. The fraction of sp³-hybridized carbons (Fsp3) is 0.233. The molecular formula is C30H26N4O6S3. The summed E-state index contributed by atoms with van der Waals surface area (Å²) in [6.45, 7) is -0.408. The quantitative estimate of drug-likeness (QED) is 0.315. The maximum absolute atomic E-state index is 14.0. The Morgan fingerprint density at radius 1 is 0.977 bits per heavy atom. The van der Waals surface area contributed by atoms with Crippen molar-refractivity contribution >= 4 is 55.4 Å². The Labute approximate surface area is 256 Å². The van der Waals surface area contributed by atoms with Gasteiger partial charge in [-0.05, 0) is 59.1 Å². The first-order valence-corrected chi connectivity index (χ1v) is 16.7. The predicted octanol–water partition coefficient (Wildman–Crippen LogP) is 3.24. The molecule has 2 aliphatic heterocycles. The third-order valence-electron chi connectivity index (χ3n) is 7.62. The molecule has 0 bridgehead atoms. The fourth-order valence-electron chi connectivity index (χ4n) is 5.56. The van der Waals surface area contributed by atoms with Crippen molar-refractivity contribution in [2.75, 3.05) is 13.1 Å². The Balaban J connectivity index is 1.21. The van der Waals surface area contributed by atoms with E-state index in [0.29, 0.717) is 5.56 Å². The second kappa shape index (κ2) is 11.9. The molecule has 0 radical (unpaired) electrons. The monoisotopic (exact) mass is 634 g/mol. The lowest BCUT2D eigenvalue weighted by molar-refractivity contribution is -0.138. The van der Waals surface area contributed by atoms with Crippen LogP contribution in [0.1, 0.15) is 32.1 Å². The molecule has 43 heavy (non-hydrogen) atoms. The Kier molecular flexibility index (Phi) is 8.05. The number of hydrogen-bond donors (Lipinski definition) is 1. The third kappa shape index (κ3) is 5.68. The number of rotatable bonds is 8. The summed E-state index contributed by atoms with van der Waals surface area (Å²) in [6.07, 6.45) is 1.70. The van der Waals surface area contributed by atoms with Crippen LogP contribution in [0.15, 0.2) is 83.7 Å². The number of likely N-dealkylation sites (tertiary alicyclic amines) is 1. The molecule has 2 aliphatic rings. The van der Waals surface area contributed by atoms with Crippen molar-refractivity contribution < 1.29 is 27.6 Å². The lowest BCUT2D eigenvalue weighted by atomic mass is 10.1. The molecule has 0 spiro atoms. The van der Waals surface area contributed by atoms with Gasteiger partial charge in [-0.25, -0.2) is 8.42 Å². The van der Waals surface area contributed by atoms with Gasteiger partial charge in [0.2, 0.25) is 5.91 Å². The first kappa shape index (κ1) is 29.1. The van der Waals surface area contributed by atoms with Crippen LogP contribution in [0, 0.1) is 0 Å². The Hall–Kier alpha value is -4.04. The molecule has 3 unspecified atom stereocenters. The van der Waals surface area contributed by atoms with Gasteiger partial charge in [-0.2, -0.15) is 4.31 Å². The summed E-state index contributed by atoms with van der Waals surface area (Å²) in [5.41, 5.74) is 1.11. The SMILES string of the molecule is O=C(NC(Cc1cccs1)C(=O)N1CCC2C1C(=O)CN2S(=O)(=O)C(=O)c1ccccn1)c1ccc(-c2cccs2)cc1. The number of pyridine rings is 1. The average molecular weight is 635 g/mol. The number of amides is 2. The number of nitrogens with zero attached hydrogens (tertiary/aromatic N) is 3. The maximum Gasteiger partial charge on any atom is 0.310 e. The van der Waals surface area contributed by atoms with E-state index >= 15 is 0 Å². The van der Waals surface area contributed by atoms with Crippen molar-refractivity contribution in [2.24, 2.45) is 0 Å². The molecule has 3 aromatic heterocycles. The Bertz CT molecular complexity index is 1760. The van der Waals surface area contributed by atoms with Gasteiger partial charge < -0.3 is 10.2 Å². The zero-order chi connectivity index (χ0) is 30.1. The van der Waals surface area contributed by atoms with Crippen LogP contribution in [0.25, 0.3) is 10.4 Å². The van der Waals surface area contributed by atoms with E-state index < -0.39 is 57.4 Å². The second-order valence-corrected chi connectivity index (χ2v) is 14.0. The smallest absolute Gasteiger partial charge is 0.310 e. The molecule has 2 amide bonds. The van der Waals surface area contributed by atoms with E-state index in [1.807, 2.05) is 47.2 Å². The van der Waals surface area contributed by atoms with Crippen LogP contribution >= 0.6 is 22.7 Å². The van der Waals surface area contributed by atoms with E-state index in [4.69, 9.17) is 0 Å². The van der Waals surface area contributed by atoms with E-state index in [1.54, 1.807) is 29.5 Å². The van der Waals surface area contributed by atoms with Gasteiger partial charge in [-0.3, -0.25) is 24.2 Å². The minimum absolute atomic E-state index is 0.107. The summed E-state index contributed by atoms with van der Waals surface area (Å²) in [5, 5.41) is 5.50. The molecule has 2 fully saturated rings. The Morgan fingerprint density at radius 3 is 2.42 bits per heavy atom. The highest BCUT2D eigenvalue weighted by Gasteiger charge is 2.55. The maximum atomic E-state index is 14.0. The van der Waals surface area contributed by atoms with Gasteiger partial charge in [0.1, 0.15) is 17.8 Å². The molecule has 0 aliphatic carbocycles. The standard InChI is InChI=1S/C30H26N4O6S3/c35-25-18-34(43(39,40)30(38)22-6-1-2-13-31-22)24-12-14-33(27(24)25)29(37)23(17-21-5-3-15-41-21)32-28(36)20-10-8-19(9-11-20)26-7-4-16-42-26/h1-11,13,15-16,23-24,27H,12,14,17-18H2,(H,32,36). The van der Waals surface area contributed by atoms with E-state index in [9.17, 15) is 27.6 Å². The molecule has 1 aromatic carbocycles. The third-order valence-corrected chi connectivity index (χ3v) is 11.1. The average Bonchev–Trinajstić information content (AvgIpc) is 3.84. The molecule has 3 atom stereocenters. The zero-order valence-electron chi connectivity index (χ0n) is 22.7. The summed E-state index contributed by atoms with van der Waals surface area (Å²) < 4.78 is 27.4. The van der Waals surface area contributed by atoms with Gasteiger partial charge in [0, 0.05) is 34.5 Å². The van der Waals surface area contributed by atoms with E-state index in [-0.39, 0.29) is 25.1 Å². The number of sulfonamides is 1. The van der Waals surface area contributed by atoms with Crippen LogP contribution in [0.3, 0.4) is 0 Å². The van der Waals surface area contributed by atoms with E-state index in [2.05, 4.69) is 10.3 Å². The van der Waals surface area contributed by atoms with Crippen LogP contribution in [-0.2, 0) is 26.0 Å². The van der Waals surface area contributed by atoms with Gasteiger partial charge in [0.05, 0.1) is 12.6 Å². The van der Waals surface area contributed by atoms with Gasteiger partial charge >= 0.3 is 5.12 Å². The fourth-order valence-corrected chi connectivity index (χ4v) is 8.52. The van der Waals surface area contributed by atoms with E-state index in [1.165, 1.54) is 34.6 Å². The van der Waals surface area contributed by atoms with Crippen LogP contribution in [0.2, 0.25) is 0 Å². The number of fused-ring (bicyclic) bond motifs is 1. The van der Waals surface area contributed by atoms with Crippen molar-refractivity contribution in [1.82, 2.24) is 19.5 Å². The number of carbonyl (C=O) groups excluding carboxylic acids is 4. The van der Waals surface area contributed by atoms with Crippen LogP contribution in [0.4, 0.5) is 0 Å². The van der Waals surface area contributed by atoms with Gasteiger partial charge in [0.25, 0.3) is 15.9 Å². The van der Waals surface area contributed by atoms with Gasteiger partial charge in [-0.1, -0.05) is 30.3 Å². The highest BCUT2D eigenvalue weighted by Crippen LogP contribution is 2.33. The van der Waals surface area contributed by atoms with Gasteiger partial charge in [-0.15, -0.1) is 22.7 Å². The summed E-state index contributed by atoms with van der Waals surface area (Å²) in [5.74, 6) is -1.39. The normalized spacial score (nSPS) is 19.3. The van der Waals surface area contributed by atoms with Crippen LogP contribution < -0.4 is 5.32 Å². The first-order chi connectivity index (χ1) is 20.7. The molecule has 10 nitrogen and oxygen atoms in total. The molecule has 2 saturated heterocycles. The Morgan fingerprint density at radius 2 is 1.74 bits per heavy atom. The summed E-state index contributed by atoms with van der Waals surface area (Å²) in [4.78, 5) is 60.5. The molecule has 1 N–H and O–H groups in total. The second-order valence-electron chi connectivity index (χ2n) is 10.2. The van der Waals surface area contributed by atoms with Crippen LogP contribution in [0.5, 0.6) is 0 Å². The predicted molar refractivity (Wildman–Crippen MR) is 162 cm³/mol. The highest BCUT2D eigenvalue weighted by atomic mass is 32.2. The molecular weight excluding hydrogens is 609 g/mol. The van der Waals surface area contributed by atoms with E-state index in [0.717, 1.165) is 19.6 Å². The topological polar surface area (TPSA) is 134 Å². The number of ketones is 1. The lowest BCUT2D eigenvalue weighted by Crippen LogP contribution is -2.53.